The molecule has 5 heteroatoms. The van der Waals surface area contributed by atoms with Gasteiger partial charge in [0.25, 0.3) is 5.56 Å². The van der Waals surface area contributed by atoms with Crippen LogP contribution in [0.25, 0.3) is 11.1 Å². The van der Waals surface area contributed by atoms with E-state index in [2.05, 4.69) is 12.1 Å². The third kappa shape index (κ3) is 4.46. The molecule has 1 heterocycles. The molecule has 2 N–H and O–H groups in total. The van der Waals surface area contributed by atoms with Crippen LogP contribution in [0, 0.1) is 19.7 Å². The normalized spacial score (nSPS) is 10.9. The zero-order valence-electron chi connectivity index (χ0n) is 19.8. The van der Waals surface area contributed by atoms with Gasteiger partial charge in [-0.15, -0.1) is 0 Å². The van der Waals surface area contributed by atoms with Gasteiger partial charge >= 0.3 is 0 Å². The third-order valence-corrected chi connectivity index (χ3v) is 6.46. The molecule has 0 aliphatic rings. The van der Waals surface area contributed by atoms with E-state index in [9.17, 15) is 4.79 Å². The van der Waals surface area contributed by atoms with E-state index < -0.39 is 5.82 Å². The standard InChI is InChI=1S/C29H29FN2O2/c1-19-24(18-21-10-5-4-6-11-21)20(2)32(17-16-22-12-7-8-14-25(22)31)29(33)27(19)23-13-9-15-26(34-3)28(23)30/h4-15H,16-18,31H2,1-3H3. The van der Waals surface area contributed by atoms with Gasteiger partial charge in [-0.2, -0.15) is 0 Å². The Hall–Kier alpha value is -3.86. The molecule has 34 heavy (non-hydrogen) atoms. The van der Waals surface area contributed by atoms with E-state index in [0.29, 0.717) is 30.6 Å². The third-order valence-electron chi connectivity index (χ3n) is 6.46. The molecule has 0 aliphatic heterocycles. The number of nitrogens with zero attached hydrogens (tertiary/aromatic N) is 1. The summed E-state index contributed by atoms with van der Waals surface area (Å²) in [6, 6.07) is 22.7. The van der Waals surface area contributed by atoms with Crippen LogP contribution in [0.4, 0.5) is 10.1 Å². The molecule has 0 saturated heterocycles. The van der Waals surface area contributed by atoms with Gasteiger partial charge in [-0.3, -0.25) is 4.79 Å². The maximum Gasteiger partial charge on any atom is 0.259 e. The molecular weight excluding hydrogens is 427 g/mol. The van der Waals surface area contributed by atoms with E-state index in [0.717, 1.165) is 27.9 Å². The number of benzene rings is 3. The highest BCUT2D eigenvalue weighted by Crippen LogP contribution is 2.32. The Morgan fingerprint density at radius 2 is 1.65 bits per heavy atom. The number of aryl methyl sites for hydroxylation is 1. The van der Waals surface area contributed by atoms with Crippen LogP contribution in [0.15, 0.2) is 77.6 Å². The van der Waals surface area contributed by atoms with Gasteiger partial charge < -0.3 is 15.0 Å². The number of nitrogen functional groups attached to an aromatic ring is 1. The van der Waals surface area contributed by atoms with Gasteiger partial charge in [-0.1, -0.05) is 60.7 Å². The lowest BCUT2D eigenvalue weighted by Crippen LogP contribution is -2.28. The van der Waals surface area contributed by atoms with Crippen molar-refractivity contribution in [3.8, 4) is 16.9 Å². The van der Waals surface area contributed by atoms with Crippen LogP contribution in [-0.4, -0.2) is 11.7 Å². The number of ether oxygens (including phenoxy) is 1. The first kappa shape index (κ1) is 23.3. The minimum absolute atomic E-state index is 0.116. The van der Waals surface area contributed by atoms with Gasteiger partial charge in [-0.05, 0) is 61.1 Å². The maximum absolute atomic E-state index is 15.3. The first-order valence-electron chi connectivity index (χ1n) is 11.4. The lowest BCUT2D eigenvalue weighted by atomic mass is 9.92. The summed E-state index contributed by atoms with van der Waals surface area (Å²) in [6.45, 7) is 4.31. The highest BCUT2D eigenvalue weighted by molar-refractivity contribution is 5.70. The molecule has 4 aromatic rings. The zero-order valence-corrected chi connectivity index (χ0v) is 19.8. The molecule has 0 amide bonds. The van der Waals surface area contributed by atoms with Gasteiger partial charge in [0.2, 0.25) is 0 Å². The van der Waals surface area contributed by atoms with E-state index >= 15 is 4.39 Å². The van der Waals surface area contributed by atoms with Crippen molar-refractivity contribution in [2.75, 3.05) is 12.8 Å². The van der Waals surface area contributed by atoms with Crippen molar-refractivity contribution in [2.24, 2.45) is 0 Å². The predicted molar refractivity (Wildman–Crippen MR) is 136 cm³/mol. The van der Waals surface area contributed by atoms with Crippen molar-refractivity contribution in [3.05, 3.63) is 117 Å². The number of nitrogens with two attached hydrogens (primary N) is 1. The first-order valence-corrected chi connectivity index (χ1v) is 11.4. The van der Waals surface area contributed by atoms with Crippen LogP contribution < -0.4 is 16.0 Å². The summed E-state index contributed by atoms with van der Waals surface area (Å²) in [6.07, 6.45) is 1.24. The van der Waals surface area contributed by atoms with E-state index in [1.807, 2.05) is 56.3 Å². The van der Waals surface area contributed by atoms with E-state index in [4.69, 9.17) is 10.5 Å². The average Bonchev–Trinajstić information content (AvgIpc) is 2.84. The molecule has 1 aromatic heterocycles. The molecule has 4 nitrogen and oxygen atoms in total. The van der Waals surface area contributed by atoms with Crippen molar-refractivity contribution in [1.29, 1.82) is 0 Å². The van der Waals surface area contributed by atoms with Gasteiger partial charge in [0, 0.05) is 23.5 Å². The Morgan fingerprint density at radius 3 is 2.35 bits per heavy atom. The molecular formula is C29H29FN2O2. The maximum atomic E-state index is 15.3. The molecule has 0 fully saturated rings. The molecule has 174 valence electrons. The number of para-hydroxylation sites is 1. The smallest absolute Gasteiger partial charge is 0.259 e. The molecule has 0 atom stereocenters. The summed E-state index contributed by atoms with van der Waals surface area (Å²) in [5.74, 6) is -0.413. The second kappa shape index (κ2) is 9.96. The van der Waals surface area contributed by atoms with Crippen LogP contribution >= 0.6 is 0 Å². The van der Waals surface area contributed by atoms with Crippen LogP contribution in [0.3, 0.4) is 0 Å². The monoisotopic (exact) mass is 456 g/mol. The Morgan fingerprint density at radius 1 is 0.941 bits per heavy atom. The quantitative estimate of drug-likeness (QED) is 0.363. The largest absolute Gasteiger partial charge is 0.494 e. The average molecular weight is 457 g/mol. The molecule has 0 saturated carbocycles. The predicted octanol–water partition coefficient (Wildman–Crippen LogP) is 5.70. The Bertz CT molecular complexity index is 1380. The van der Waals surface area contributed by atoms with E-state index in [1.54, 1.807) is 22.8 Å². The van der Waals surface area contributed by atoms with Gasteiger partial charge in [0.1, 0.15) is 0 Å². The second-order valence-corrected chi connectivity index (χ2v) is 8.45. The fourth-order valence-electron chi connectivity index (χ4n) is 4.54. The molecule has 0 aliphatic carbocycles. The van der Waals surface area contributed by atoms with Crippen molar-refractivity contribution in [3.63, 3.8) is 0 Å². The highest BCUT2D eigenvalue weighted by atomic mass is 19.1. The molecule has 0 spiro atoms. The number of pyridine rings is 1. The number of aromatic nitrogens is 1. The van der Waals surface area contributed by atoms with Crippen LogP contribution in [0.5, 0.6) is 5.75 Å². The number of methoxy groups -OCH3 is 1. The zero-order chi connectivity index (χ0) is 24.2. The summed E-state index contributed by atoms with van der Waals surface area (Å²) in [7, 11) is 1.42. The van der Waals surface area contributed by atoms with Gasteiger partial charge in [0.05, 0.1) is 12.7 Å². The number of hydrogen-bond donors (Lipinski definition) is 1. The van der Waals surface area contributed by atoms with Gasteiger partial charge in [0.15, 0.2) is 11.6 Å². The van der Waals surface area contributed by atoms with E-state index in [1.165, 1.54) is 7.11 Å². The summed E-state index contributed by atoms with van der Waals surface area (Å²) in [4.78, 5) is 13.8. The summed E-state index contributed by atoms with van der Waals surface area (Å²) in [5.41, 5.74) is 12.0. The summed E-state index contributed by atoms with van der Waals surface area (Å²) < 4.78 is 22.3. The second-order valence-electron chi connectivity index (χ2n) is 8.45. The molecule has 0 unspecified atom stereocenters. The minimum atomic E-state index is -0.529. The van der Waals surface area contributed by atoms with Crippen molar-refractivity contribution in [1.82, 2.24) is 4.57 Å². The van der Waals surface area contributed by atoms with Crippen LogP contribution in [0.2, 0.25) is 0 Å². The number of rotatable bonds is 7. The van der Waals surface area contributed by atoms with Gasteiger partial charge in [-0.25, -0.2) is 4.39 Å². The fraction of sp³-hybridized carbons (Fsp3) is 0.207. The molecule has 4 rings (SSSR count). The fourth-order valence-corrected chi connectivity index (χ4v) is 4.54. The number of halogens is 1. The number of anilines is 1. The Balaban J connectivity index is 1.90. The molecule has 0 radical (unpaired) electrons. The van der Waals surface area contributed by atoms with Crippen molar-refractivity contribution >= 4 is 5.69 Å². The van der Waals surface area contributed by atoms with Crippen molar-refractivity contribution in [2.45, 2.75) is 33.2 Å². The first-order chi connectivity index (χ1) is 16.4. The molecule has 3 aromatic carbocycles. The van der Waals surface area contributed by atoms with Crippen LogP contribution in [0.1, 0.15) is 27.9 Å². The summed E-state index contributed by atoms with van der Waals surface area (Å²) in [5, 5.41) is 0. The SMILES string of the molecule is COc1cccc(-c2c(C)c(Cc3ccccc3)c(C)n(CCc3ccccc3N)c2=O)c1F. The highest BCUT2D eigenvalue weighted by Gasteiger charge is 2.22. The minimum Gasteiger partial charge on any atom is -0.494 e. The Labute approximate surface area is 199 Å². The molecule has 0 bridgehead atoms. The topological polar surface area (TPSA) is 57.2 Å². The number of hydrogen-bond acceptors (Lipinski definition) is 3. The van der Waals surface area contributed by atoms with E-state index in [-0.39, 0.29) is 16.9 Å². The van der Waals surface area contributed by atoms with Crippen molar-refractivity contribution < 1.29 is 9.13 Å². The summed E-state index contributed by atoms with van der Waals surface area (Å²) >= 11 is 0. The Kier molecular flexibility index (Phi) is 6.82. The lowest BCUT2D eigenvalue weighted by Gasteiger charge is -2.21. The lowest BCUT2D eigenvalue weighted by molar-refractivity contribution is 0.387. The van der Waals surface area contributed by atoms with Crippen LogP contribution in [-0.2, 0) is 19.4 Å².